The summed E-state index contributed by atoms with van der Waals surface area (Å²) < 4.78 is 0. The zero-order valence-electron chi connectivity index (χ0n) is 11.7. The van der Waals surface area contributed by atoms with Crippen LogP contribution in [0, 0.1) is 11.3 Å². The number of carbonyl (C=O) groups is 1. The molecule has 3 heteroatoms. The van der Waals surface area contributed by atoms with Crippen molar-refractivity contribution in [2.75, 3.05) is 6.54 Å². The third-order valence-corrected chi connectivity index (χ3v) is 5.54. The Morgan fingerprint density at radius 2 is 1.95 bits per heavy atom. The maximum Gasteiger partial charge on any atom is 0.335 e. The molecule has 1 saturated heterocycles. The molecule has 3 fully saturated rings. The summed E-state index contributed by atoms with van der Waals surface area (Å²) in [5.74, 6) is 0.104. The Balaban J connectivity index is 1.45. The Hall–Kier alpha value is -1.35. The molecule has 1 aliphatic heterocycles. The first-order valence-corrected chi connectivity index (χ1v) is 7.74. The number of rotatable bonds is 4. The standard InChI is InChI=1S/C17H21NO2/c19-16(20)14-4-2-12(3-5-14)10-18-11-17(8-1-9-17)15(18)13-6-7-13/h2-5,13,15H,1,6-11H2,(H,19,20). The van der Waals surface area contributed by atoms with Gasteiger partial charge in [-0.1, -0.05) is 18.6 Å². The van der Waals surface area contributed by atoms with Crippen LogP contribution in [0.1, 0.15) is 48.0 Å². The minimum atomic E-state index is -0.843. The second-order valence-electron chi connectivity index (χ2n) is 6.91. The number of nitrogens with zero attached hydrogens (tertiary/aromatic N) is 1. The first-order chi connectivity index (χ1) is 9.68. The predicted molar refractivity (Wildman–Crippen MR) is 76.6 cm³/mol. The Morgan fingerprint density at radius 1 is 1.25 bits per heavy atom. The maximum atomic E-state index is 10.9. The molecule has 1 unspecified atom stereocenters. The molecule has 0 amide bonds. The van der Waals surface area contributed by atoms with Gasteiger partial charge in [-0.3, -0.25) is 4.90 Å². The fourth-order valence-corrected chi connectivity index (χ4v) is 4.31. The van der Waals surface area contributed by atoms with E-state index in [9.17, 15) is 4.79 Å². The zero-order valence-corrected chi connectivity index (χ0v) is 11.7. The van der Waals surface area contributed by atoms with E-state index in [1.165, 1.54) is 44.2 Å². The lowest BCUT2D eigenvalue weighted by Gasteiger charge is -2.63. The van der Waals surface area contributed by atoms with Crippen LogP contribution in [0.15, 0.2) is 24.3 Å². The number of carboxylic acids is 1. The molecule has 1 aromatic rings. The number of aromatic carboxylic acids is 1. The van der Waals surface area contributed by atoms with Gasteiger partial charge in [0.2, 0.25) is 0 Å². The zero-order chi connectivity index (χ0) is 13.7. The van der Waals surface area contributed by atoms with E-state index >= 15 is 0 Å². The highest BCUT2D eigenvalue weighted by molar-refractivity contribution is 5.87. The third kappa shape index (κ3) is 1.87. The monoisotopic (exact) mass is 271 g/mol. The van der Waals surface area contributed by atoms with Crippen molar-refractivity contribution in [3.8, 4) is 0 Å². The molecule has 0 aromatic heterocycles. The van der Waals surface area contributed by atoms with Gasteiger partial charge in [-0.15, -0.1) is 0 Å². The quantitative estimate of drug-likeness (QED) is 0.914. The molecule has 3 aliphatic rings. The van der Waals surface area contributed by atoms with Gasteiger partial charge in [0.1, 0.15) is 0 Å². The lowest BCUT2D eigenvalue weighted by molar-refractivity contribution is -0.140. The number of likely N-dealkylation sites (tertiary alicyclic amines) is 1. The van der Waals surface area contributed by atoms with Crippen LogP contribution in [0.25, 0.3) is 0 Å². The van der Waals surface area contributed by atoms with Crippen LogP contribution in [0.3, 0.4) is 0 Å². The van der Waals surface area contributed by atoms with E-state index in [1.54, 1.807) is 12.1 Å². The Kier molecular flexibility index (Phi) is 2.68. The van der Waals surface area contributed by atoms with Gasteiger partial charge in [-0.25, -0.2) is 4.79 Å². The molecule has 3 nitrogen and oxygen atoms in total. The van der Waals surface area contributed by atoms with E-state index < -0.39 is 5.97 Å². The van der Waals surface area contributed by atoms with E-state index in [2.05, 4.69) is 4.90 Å². The van der Waals surface area contributed by atoms with Crippen LogP contribution in [0.4, 0.5) is 0 Å². The van der Waals surface area contributed by atoms with Crippen molar-refractivity contribution >= 4 is 5.97 Å². The Labute approximate surface area is 119 Å². The van der Waals surface area contributed by atoms with E-state index in [0.29, 0.717) is 11.0 Å². The molecular weight excluding hydrogens is 250 g/mol. The van der Waals surface area contributed by atoms with Gasteiger partial charge in [0.15, 0.2) is 0 Å². The molecule has 20 heavy (non-hydrogen) atoms. The van der Waals surface area contributed by atoms with E-state index in [4.69, 9.17) is 5.11 Å². The topological polar surface area (TPSA) is 40.5 Å². The van der Waals surface area contributed by atoms with Crippen LogP contribution in [0.5, 0.6) is 0 Å². The highest BCUT2D eigenvalue weighted by Gasteiger charge is 2.59. The summed E-state index contributed by atoms with van der Waals surface area (Å²) in [6.45, 7) is 2.25. The van der Waals surface area contributed by atoms with Gasteiger partial charge in [-0.2, -0.15) is 0 Å². The second-order valence-corrected chi connectivity index (χ2v) is 6.91. The fourth-order valence-electron chi connectivity index (χ4n) is 4.31. The molecule has 1 heterocycles. The minimum Gasteiger partial charge on any atom is -0.478 e. The molecule has 106 valence electrons. The average molecular weight is 271 g/mol. The van der Waals surface area contributed by atoms with Gasteiger partial charge < -0.3 is 5.11 Å². The maximum absolute atomic E-state index is 10.9. The smallest absolute Gasteiger partial charge is 0.335 e. The first-order valence-electron chi connectivity index (χ1n) is 7.74. The highest BCUT2D eigenvalue weighted by atomic mass is 16.4. The molecule has 0 radical (unpaired) electrons. The minimum absolute atomic E-state index is 0.381. The fraction of sp³-hybridized carbons (Fsp3) is 0.588. The van der Waals surface area contributed by atoms with Gasteiger partial charge in [0.25, 0.3) is 0 Å². The van der Waals surface area contributed by atoms with Crippen molar-refractivity contribution in [1.29, 1.82) is 0 Å². The molecule has 2 saturated carbocycles. The van der Waals surface area contributed by atoms with E-state index in [-0.39, 0.29) is 0 Å². The largest absolute Gasteiger partial charge is 0.478 e. The van der Waals surface area contributed by atoms with Gasteiger partial charge in [0.05, 0.1) is 5.56 Å². The van der Waals surface area contributed by atoms with E-state index in [1.807, 2.05) is 12.1 Å². The van der Waals surface area contributed by atoms with Gasteiger partial charge in [0, 0.05) is 19.1 Å². The lowest BCUT2D eigenvalue weighted by Crippen LogP contribution is -2.67. The molecule has 1 aromatic carbocycles. The molecule has 2 aliphatic carbocycles. The summed E-state index contributed by atoms with van der Waals surface area (Å²) in [5.41, 5.74) is 2.30. The van der Waals surface area contributed by atoms with Crippen LogP contribution in [-0.2, 0) is 6.54 Å². The van der Waals surface area contributed by atoms with Crippen molar-refractivity contribution in [2.24, 2.45) is 11.3 Å². The molecule has 1 N–H and O–H groups in total. The summed E-state index contributed by atoms with van der Waals surface area (Å²) in [6.07, 6.45) is 7.12. The van der Waals surface area contributed by atoms with Gasteiger partial charge >= 0.3 is 5.97 Å². The second kappa shape index (κ2) is 4.32. The number of carboxylic acid groups (broad SMARTS) is 1. The molecule has 1 atom stereocenters. The molecule has 0 bridgehead atoms. The van der Waals surface area contributed by atoms with Crippen LogP contribution < -0.4 is 0 Å². The van der Waals surface area contributed by atoms with Crippen molar-refractivity contribution in [2.45, 2.75) is 44.7 Å². The summed E-state index contributed by atoms with van der Waals surface area (Å²) >= 11 is 0. The number of hydrogen-bond donors (Lipinski definition) is 1. The Morgan fingerprint density at radius 3 is 2.45 bits per heavy atom. The van der Waals surface area contributed by atoms with Crippen molar-refractivity contribution in [1.82, 2.24) is 4.90 Å². The lowest BCUT2D eigenvalue weighted by atomic mass is 9.56. The molecular formula is C17H21NO2. The summed E-state index contributed by atoms with van der Waals surface area (Å²) in [6, 6.07) is 8.21. The van der Waals surface area contributed by atoms with Crippen molar-refractivity contribution in [3.63, 3.8) is 0 Å². The van der Waals surface area contributed by atoms with Crippen LogP contribution >= 0.6 is 0 Å². The normalized spacial score (nSPS) is 27.9. The predicted octanol–water partition coefficient (Wildman–Crippen LogP) is 3.15. The highest BCUT2D eigenvalue weighted by Crippen LogP contribution is 2.59. The van der Waals surface area contributed by atoms with Crippen LogP contribution in [0.2, 0.25) is 0 Å². The summed E-state index contributed by atoms with van der Waals surface area (Å²) in [7, 11) is 0. The third-order valence-electron chi connectivity index (χ3n) is 5.54. The Bertz CT molecular complexity index is 528. The average Bonchev–Trinajstić information content (AvgIpc) is 3.16. The summed E-state index contributed by atoms with van der Waals surface area (Å²) in [5, 5.41) is 8.94. The van der Waals surface area contributed by atoms with Crippen LogP contribution in [-0.4, -0.2) is 28.6 Å². The summed E-state index contributed by atoms with van der Waals surface area (Å²) in [4.78, 5) is 13.5. The van der Waals surface area contributed by atoms with E-state index in [0.717, 1.165) is 18.5 Å². The molecule has 1 spiro atoms. The number of benzene rings is 1. The number of hydrogen-bond acceptors (Lipinski definition) is 2. The first kappa shape index (κ1) is 12.4. The SMILES string of the molecule is O=C(O)c1ccc(CN2CC3(CCC3)C2C2CC2)cc1. The van der Waals surface area contributed by atoms with Crippen molar-refractivity contribution in [3.05, 3.63) is 35.4 Å². The molecule has 4 rings (SSSR count). The van der Waals surface area contributed by atoms with Gasteiger partial charge in [-0.05, 0) is 54.7 Å². The van der Waals surface area contributed by atoms with Crippen molar-refractivity contribution < 1.29 is 9.90 Å².